The minimum atomic E-state index is 0.0538. The summed E-state index contributed by atoms with van der Waals surface area (Å²) in [5, 5.41) is 0. The smallest absolute Gasteiger partial charge is 0.230 e. The molecular formula is C23H28N2O2. The molecule has 1 amide bonds. The summed E-state index contributed by atoms with van der Waals surface area (Å²) in [4.78, 5) is 17.3. The largest absolute Gasteiger partial charge is 0.497 e. The van der Waals surface area contributed by atoms with Crippen LogP contribution < -0.4 is 14.5 Å². The monoisotopic (exact) mass is 364 g/mol. The zero-order chi connectivity index (χ0) is 19.2. The lowest BCUT2D eigenvalue weighted by molar-refractivity contribution is -0.122. The Labute approximate surface area is 162 Å². The maximum atomic E-state index is 13.3. The number of hydrogen-bond donors (Lipinski definition) is 0. The quantitative estimate of drug-likeness (QED) is 0.700. The van der Waals surface area contributed by atoms with Crippen LogP contribution in [0.2, 0.25) is 0 Å². The number of ether oxygens (including phenoxy) is 1. The van der Waals surface area contributed by atoms with E-state index >= 15 is 0 Å². The number of rotatable bonds is 6. The summed E-state index contributed by atoms with van der Waals surface area (Å²) in [5.74, 6) is 1.04. The van der Waals surface area contributed by atoms with Crippen LogP contribution in [0.25, 0.3) is 0 Å². The normalized spacial score (nSPS) is 16.0. The number of amides is 1. The second kappa shape index (κ2) is 8.76. The van der Waals surface area contributed by atoms with Crippen LogP contribution in [-0.4, -0.2) is 27.1 Å². The highest BCUT2D eigenvalue weighted by Crippen LogP contribution is 2.27. The van der Waals surface area contributed by atoms with Crippen molar-refractivity contribution in [2.75, 3.05) is 31.0 Å². The molecule has 0 aliphatic heterocycles. The number of carbonyl (C=O) groups excluding carboxylic acids is 1. The van der Waals surface area contributed by atoms with Crippen LogP contribution in [0.15, 0.2) is 60.7 Å². The molecule has 0 fully saturated rings. The maximum absolute atomic E-state index is 13.3. The first-order chi connectivity index (χ1) is 13.1. The Bertz CT molecular complexity index is 779. The van der Waals surface area contributed by atoms with E-state index < -0.39 is 0 Å². The van der Waals surface area contributed by atoms with E-state index in [1.165, 1.54) is 0 Å². The topological polar surface area (TPSA) is 32.8 Å². The lowest BCUT2D eigenvalue weighted by Crippen LogP contribution is -2.36. The SMILES string of the molecule is COc1ccc(N(Cc2ccc(N(C)C)cc2)C(=O)C2CC=CCC2)cc1. The van der Waals surface area contributed by atoms with Gasteiger partial charge in [0.25, 0.3) is 0 Å². The number of nitrogens with zero attached hydrogens (tertiary/aromatic N) is 2. The molecule has 1 atom stereocenters. The Morgan fingerprint density at radius 3 is 2.22 bits per heavy atom. The highest BCUT2D eigenvalue weighted by atomic mass is 16.5. The summed E-state index contributed by atoms with van der Waals surface area (Å²) in [6.07, 6.45) is 7.02. The highest BCUT2D eigenvalue weighted by Gasteiger charge is 2.25. The van der Waals surface area contributed by atoms with Crippen molar-refractivity contribution in [3.8, 4) is 5.75 Å². The fraction of sp³-hybridized carbons (Fsp3) is 0.348. The van der Waals surface area contributed by atoms with Crippen LogP contribution in [0, 0.1) is 5.92 Å². The molecule has 0 bridgehead atoms. The van der Waals surface area contributed by atoms with Gasteiger partial charge in [-0.1, -0.05) is 24.3 Å². The van der Waals surface area contributed by atoms with E-state index in [-0.39, 0.29) is 11.8 Å². The van der Waals surface area contributed by atoms with E-state index in [0.29, 0.717) is 6.54 Å². The first kappa shape index (κ1) is 19.0. The summed E-state index contributed by atoms with van der Waals surface area (Å²) in [5.41, 5.74) is 3.18. The summed E-state index contributed by atoms with van der Waals surface area (Å²) < 4.78 is 5.26. The van der Waals surface area contributed by atoms with Crippen molar-refractivity contribution in [2.45, 2.75) is 25.8 Å². The van der Waals surface area contributed by atoms with E-state index in [4.69, 9.17) is 4.74 Å². The molecule has 27 heavy (non-hydrogen) atoms. The van der Waals surface area contributed by atoms with Crippen LogP contribution >= 0.6 is 0 Å². The number of carbonyl (C=O) groups is 1. The molecule has 3 rings (SSSR count). The van der Waals surface area contributed by atoms with E-state index in [0.717, 1.165) is 42.0 Å². The van der Waals surface area contributed by atoms with Gasteiger partial charge in [-0.25, -0.2) is 0 Å². The second-order valence-corrected chi connectivity index (χ2v) is 7.16. The number of anilines is 2. The lowest BCUT2D eigenvalue weighted by atomic mass is 9.92. The summed E-state index contributed by atoms with van der Waals surface area (Å²) in [6, 6.07) is 16.1. The second-order valence-electron chi connectivity index (χ2n) is 7.16. The molecule has 0 N–H and O–H groups in total. The summed E-state index contributed by atoms with van der Waals surface area (Å²) >= 11 is 0. The Kier molecular flexibility index (Phi) is 6.17. The third-order valence-corrected chi connectivity index (χ3v) is 5.06. The van der Waals surface area contributed by atoms with Gasteiger partial charge in [-0.15, -0.1) is 0 Å². The molecule has 0 saturated carbocycles. The number of allylic oxidation sites excluding steroid dienone is 2. The summed E-state index contributed by atoms with van der Waals surface area (Å²) in [6.45, 7) is 0.569. The van der Waals surface area contributed by atoms with Crippen molar-refractivity contribution in [1.29, 1.82) is 0 Å². The summed E-state index contributed by atoms with van der Waals surface area (Å²) in [7, 11) is 5.70. The average molecular weight is 364 g/mol. The van der Waals surface area contributed by atoms with Gasteiger partial charge < -0.3 is 14.5 Å². The van der Waals surface area contributed by atoms with Gasteiger partial charge in [0.2, 0.25) is 5.91 Å². The van der Waals surface area contributed by atoms with E-state index in [1.54, 1.807) is 7.11 Å². The standard InChI is InChI=1S/C23H28N2O2/c1-24(2)20-11-9-18(10-12-20)17-25(21-13-15-22(27-3)16-14-21)23(26)19-7-5-4-6-8-19/h4-5,9-16,19H,6-8,17H2,1-3H3. The van der Waals surface area contributed by atoms with Gasteiger partial charge >= 0.3 is 0 Å². The van der Waals surface area contributed by atoms with Crippen LogP contribution in [0.4, 0.5) is 11.4 Å². The van der Waals surface area contributed by atoms with E-state index in [1.807, 2.05) is 43.3 Å². The minimum Gasteiger partial charge on any atom is -0.497 e. The van der Waals surface area contributed by atoms with Gasteiger partial charge in [-0.3, -0.25) is 4.79 Å². The van der Waals surface area contributed by atoms with Crippen LogP contribution in [0.5, 0.6) is 5.75 Å². The molecule has 0 saturated heterocycles. The fourth-order valence-corrected chi connectivity index (χ4v) is 3.38. The van der Waals surface area contributed by atoms with Crippen molar-refractivity contribution in [2.24, 2.45) is 5.92 Å². The predicted molar refractivity (Wildman–Crippen MR) is 111 cm³/mol. The zero-order valence-electron chi connectivity index (χ0n) is 16.4. The molecule has 1 aliphatic rings. The van der Waals surface area contributed by atoms with Gasteiger partial charge in [-0.05, 0) is 61.2 Å². The molecule has 0 heterocycles. The molecule has 1 unspecified atom stereocenters. The zero-order valence-corrected chi connectivity index (χ0v) is 16.4. The molecular weight excluding hydrogens is 336 g/mol. The van der Waals surface area contributed by atoms with Gasteiger partial charge in [0, 0.05) is 31.4 Å². The minimum absolute atomic E-state index is 0.0538. The molecule has 2 aromatic rings. The van der Waals surface area contributed by atoms with Crippen molar-refractivity contribution in [3.63, 3.8) is 0 Å². The molecule has 0 aromatic heterocycles. The van der Waals surface area contributed by atoms with E-state index in [2.05, 4.69) is 41.3 Å². The third kappa shape index (κ3) is 4.70. The number of hydrogen-bond acceptors (Lipinski definition) is 3. The average Bonchev–Trinajstić information content (AvgIpc) is 2.72. The highest BCUT2D eigenvalue weighted by molar-refractivity contribution is 5.95. The van der Waals surface area contributed by atoms with Gasteiger partial charge in [0.1, 0.15) is 5.75 Å². The molecule has 2 aromatic carbocycles. The molecule has 4 heteroatoms. The van der Waals surface area contributed by atoms with Crippen LogP contribution in [0.3, 0.4) is 0 Å². The molecule has 142 valence electrons. The first-order valence-corrected chi connectivity index (χ1v) is 9.45. The molecule has 0 radical (unpaired) electrons. The first-order valence-electron chi connectivity index (χ1n) is 9.45. The van der Waals surface area contributed by atoms with Gasteiger partial charge in [-0.2, -0.15) is 0 Å². The Balaban J connectivity index is 1.86. The maximum Gasteiger partial charge on any atom is 0.230 e. The molecule has 0 spiro atoms. The van der Waals surface area contributed by atoms with Crippen LogP contribution in [0.1, 0.15) is 24.8 Å². The van der Waals surface area contributed by atoms with Crippen molar-refractivity contribution < 1.29 is 9.53 Å². The van der Waals surface area contributed by atoms with E-state index in [9.17, 15) is 4.79 Å². The molecule has 1 aliphatic carbocycles. The van der Waals surface area contributed by atoms with Crippen LogP contribution in [-0.2, 0) is 11.3 Å². The van der Waals surface area contributed by atoms with Gasteiger partial charge in [0.15, 0.2) is 0 Å². The molecule has 4 nitrogen and oxygen atoms in total. The fourth-order valence-electron chi connectivity index (χ4n) is 3.38. The van der Waals surface area contributed by atoms with Crippen molar-refractivity contribution in [3.05, 3.63) is 66.2 Å². The Morgan fingerprint density at radius 2 is 1.67 bits per heavy atom. The Hall–Kier alpha value is -2.75. The van der Waals surface area contributed by atoms with Gasteiger partial charge in [0.05, 0.1) is 13.7 Å². The lowest BCUT2D eigenvalue weighted by Gasteiger charge is -2.28. The number of methoxy groups -OCH3 is 1. The predicted octanol–water partition coefficient (Wildman–Crippen LogP) is 4.65. The van der Waals surface area contributed by atoms with Crippen molar-refractivity contribution >= 4 is 17.3 Å². The number of benzene rings is 2. The Morgan fingerprint density at radius 1 is 1.00 bits per heavy atom. The van der Waals surface area contributed by atoms with Crippen molar-refractivity contribution in [1.82, 2.24) is 0 Å². The third-order valence-electron chi connectivity index (χ3n) is 5.06.